The molecule has 0 radical (unpaired) electrons. The first-order chi connectivity index (χ1) is 11.0. The Morgan fingerprint density at radius 3 is 2.61 bits per heavy atom. The van der Waals surface area contributed by atoms with Crippen molar-refractivity contribution in [3.05, 3.63) is 59.9 Å². The number of rotatable bonds is 3. The minimum Gasteiger partial charge on any atom is -0.343 e. The summed E-state index contributed by atoms with van der Waals surface area (Å²) in [7, 11) is 0. The van der Waals surface area contributed by atoms with Crippen LogP contribution in [-0.2, 0) is 6.18 Å². The van der Waals surface area contributed by atoms with Crippen LogP contribution >= 0.6 is 0 Å². The summed E-state index contributed by atoms with van der Waals surface area (Å²) >= 11 is 0. The maximum absolute atomic E-state index is 12.6. The molecule has 0 bridgehead atoms. The van der Waals surface area contributed by atoms with Crippen LogP contribution in [0.5, 0.6) is 0 Å². The summed E-state index contributed by atoms with van der Waals surface area (Å²) in [5.41, 5.74) is 0.999. The van der Waals surface area contributed by atoms with E-state index in [0.29, 0.717) is 0 Å². The number of aromatic nitrogens is 2. The van der Waals surface area contributed by atoms with E-state index in [-0.39, 0.29) is 11.9 Å². The average molecular weight is 322 g/mol. The first kappa shape index (κ1) is 15.3. The molecule has 1 unspecified atom stereocenters. The van der Waals surface area contributed by atoms with Gasteiger partial charge in [-0.15, -0.1) is 0 Å². The van der Waals surface area contributed by atoms with Crippen LogP contribution in [0, 0.1) is 0 Å². The fraction of sp³-hybridized carbons (Fsp3) is 0.267. The summed E-state index contributed by atoms with van der Waals surface area (Å²) in [6.07, 6.45) is -0.479. The molecule has 8 heteroatoms. The molecule has 1 aromatic carbocycles. The van der Waals surface area contributed by atoms with Crippen molar-refractivity contribution in [1.82, 2.24) is 15.0 Å². The van der Waals surface area contributed by atoms with Gasteiger partial charge in [0.1, 0.15) is 0 Å². The molecule has 0 saturated carbocycles. The van der Waals surface area contributed by atoms with Crippen LogP contribution in [0.15, 0.2) is 52.1 Å². The van der Waals surface area contributed by atoms with Crippen molar-refractivity contribution in [2.45, 2.75) is 25.3 Å². The number of halogens is 3. The third-order valence-corrected chi connectivity index (χ3v) is 3.50. The molecule has 3 rings (SSSR count). The molecule has 23 heavy (non-hydrogen) atoms. The van der Waals surface area contributed by atoms with Crippen LogP contribution in [0.2, 0.25) is 0 Å². The number of aliphatic imine (C=N–C) groups is 1. The summed E-state index contributed by atoms with van der Waals surface area (Å²) < 4.78 is 42.2. The lowest BCUT2D eigenvalue weighted by Gasteiger charge is -2.33. The largest absolute Gasteiger partial charge is 0.471 e. The van der Waals surface area contributed by atoms with Gasteiger partial charge in [-0.05, 0) is 18.6 Å². The van der Waals surface area contributed by atoms with Gasteiger partial charge in [0.25, 0.3) is 0 Å². The molecule has 2 heterocycles. The summed E-state index contributed by atoms with van der Waals surface area (Å²) in [6, 6.07) is 9.44. The highest BCUT2D eigenvalue weighted by molar-refractivity contribution is 5.72. The van der Waals surface area contributed by atoms with E-state index in [1.807, 2.05) is 37.3 Å². The van der Waals surface area contributed by atoms with E-state index in [9.17, 15) is 13.2 Å². The summed E-state index contributed by atoms with van der Waals surface area (Å²) in [5, 5.41) is 3.44. The van der Waals surface area contributed by atoms with E-state index in [2.05, 4.69) is 19.7 Å². The molecule has 5 nitrogen and oxygen atoms in total. The van der Waals surface area contributed by atoms with Gasteiger partial charge in [0, 0.05) is 12.4 Å². The smallest absolute Gasteiger partial charge is 0.343 e. The van der Waals surface area contributed by atoms with Crippen molar-refractivity contribution in [1.29, 1.82) is 0 Å². The highest BCUT2D eigenvalue weighted by Crippen LogP contribution is 2.34. The van der Waals surface area contributed by atoms with Crippen molar-refractivity contribution in [3.63, 3.8) is 0 Å². The Kier molecular flexibility index (Phi) is 3.89. The molecule has 120 valence electrons. The van der Waals surface area contributed by atoms with Crippen LogP contribution in [0.3, 0.4) is 0 Å². The Morgan fingerprint density at radius 2 is 1.96 bits per heavy atom. The standard InChI is InChI=1S/C15H13F3N4O/c1-10(11-6-3-2-4-7-11)22-9-5-8-19-13(22)12-20-14(23-21-12)15(16,17)18/h2-10,13H,1H3/t10?,13-/m1/s1. The van der Waals surface area contributed by atoms with Gasteiger partial charge >= 0.3 is 12.1 Å². The first-order valence-electron chi connectivity index (χ1n) is 6.90. The minimum absolute atomic E-state index is 0.122. The fourth-order valence-electron chi connectivity index (χ4n) is 2.33. The third kappa shape index (κ3) is 3.10. The van der Waals surface area contributed by atoms with Gasteiger partial charge in [-0.25, -0.2) is 0 Å². The average Bonchev–Trinajstić information content (AvgIpc) is 3.05. The van der Waals surface area contributed by atoms with E-state index in [4.69, 9.17) is 0 Å². The summed E-state index contributed by atoms with van der Waals surface area (Å²) in [5.74, 6) is -1.50. The zero-order valence-corrected chi connectivity index (χ0v) is 12.1. The highest BCUT2D eigenvalue weighted by atomic mass is 19.4. The second kappa shape index (κ2) is 5.86. The number of alkyl halides is 3. The molecular formula is C15H13F3N4O. The van der Waals surface area contributed by atoms with E-state index < -0.39 is 18.2 Å². The van der Waals surface area contributed by atoms with Gasteiger partial charge in [0.2, 0.25) is 5.82 Å². The van der Waals surface area contributed by atoms with Crippen LogP contribution < -0.4 is 0 Å². The Morgan fingerprint density at radius 1 is 1.22 bits per heavy atom. The fourth-order valence-corrected chi connectivity index (χ4v) is 2.33. The van der Waals surface area contributed by atoms with E-state index >= 15 is 0 Å². The Labute approximate surface area is 130 Å². The van der Waals surface area contributed by atoms with Gasteiger partial charge < -0.3 is 9.42 Å². The number of benzene rings is 1. The molecule has 0 spiro atoms. The van der Waals surface area contributed by atoms with Crippen molar-refractivity contribution in [2.75, 3.05) is 0 Å². The Balaban J connectivity index is 1.89. The second-order valence-corrected chi connectivity index (χ2v) is 5.00. The molecule has 1 aliphatic rings. The number of allylic oxidation sites excluding steroid dienone is 1. The van der Waals surface area contributed by atoms with E-state index in [0.717, 1.165) is 5.56 Å². The zero-order chi connectivity index (χ0) is 16.4. The molecule has 0 N–H and O–H groups in total. The lowest BCUT2D eigenvalue weighted by atomic mass is 10.1. The normalized spacial score (nSPS) is 19.1. The lowest BCUT2D eigenvalue weighted by Crippen LogP contribution is -2.28. The summed E-state index contributed by atoms with van der Waals surface area (Å²) in [4.78, 5) is 9.40. The van der Waals surface area contributed by atoms with Gasteiger partial charge in [0.05, 0.1) is 6.04 Å². The lowest BCUT2D eigenvalue weighted by molar-refractivity contribution is -0.159. The van der Waals surface area contributed by atoms with Crippen LogP contribution in [0.4, 0.5) is 13.2 Å². The van der Waals surface area contributed by atoms with Gasteiger partial charge in [-0.1, -0.05) is 35.5 Å². The molecule has 1 aromatic heterocycles. The molecule has 0 amide bonds. The Bertz CT molecular complexity index is 724. The van der Waals surface area contributed by atoms with Crippen LogP contribution in [0.25, 0.3) is 0 Å². The molecule has 0 saturated heterocycles. The number of hydrogen-bond acceptors (Lipinski definition) is 5. The molecule has 0 aliphatic carbocycles. The molecule has 2 aromatic rings. The predicted molar refractivity (Wildman–Crippen MR) is 76.4 cm³/mol. The Hall–Kier alpha value is -2.64. The van der Waals surface area contributed by atoms with Crippen LogP contribution in [-0.4, -0.2) is 21.3 Å². The van der Waals surface area contributed by atoms with Gasteiger partial charge in [-0.3, -0.25) is 4.99 Å². The van der Waals surface area contributed by atoms with E-state index in [1.165, 1.54) is 6.21 Å². The van der Waals surface area contributed by atoms with Gasteiger partial charge in [0.15, 0.2) is 6.17 Å². The van der Waals surface area contributed by atoms with Crippen molar-refractivity contribution < 1.29 is 17.7 Å². The van der Waals surface area contributed by atoms with Gasteiger partial charge in [-0.2, -0.15) is 18.2 Å². The molecule has 2 atom stereocenters. The molecule has 0 fully saturated rings. The second-order valence-electron chi connectivity index (χ2n) is 5.00. The quantitative estimate of drug-likeness (QED) is 0.863. The van der Waals surface area contributed by atoms with Crippen molar-refractivity contribution in [2.24, 2.45) is 4.99 Å². The SMILES string of the molecule is CC(c1ccccc1)N1C=CC=N[C@H]1c1noc(C(F)(F)F)n1. The minimum atomic E-state index is -4.67. The van der Waals surface area contributed by atoms with Crippen molar-refractivity contribution >= 4 is 6.21 Å². The first-order valence-corrected chi connectivity index (χ1v) is 6.90. The topological polar surface area (TPSA) is 54.5 Å². The maximum Gasteiger partial charge on any atom is 0.471 e. The third-order valence-electron chi connectivity index (χ3n) is 3.50. The molecular weight excluding hydrogens is 309 g/mol. The summed E-state index contributed by atoms with van der Waals surface area (Å²) in [6.45, 7) is 1.93. The van der Waals surface area contributed by atoms with E-state index in [1.54, 1.807) is 17.2 Å². The molecule has 1 aliphatic heterocycles. The zero-order valence-electron chi connectivity index (χ0n) is 12.1. The highest BCUT2D eigenvalue weighted by Gasteiger charge is 2.40. The number of hydrogen-bond donors (Lipinski definition) is 0. The monoisotopic (exact) mass is 322 g/mol. The maximum atomic E-state index is 12.6. The predicted octanol–water partition coefficient (Wildman–Crippen LogP) is 3.75. The van der Waals surface area contributed by atoms with Crippen molar-refractivity contribution in [3.8, 4) is 0 Å². The van der Waals surface area contributed by atoms with Crippen LogP contribution in [0.1, 0.15) is 36.4 Å². The number of nitrogens with zero attached hydrogens (tertiary/aromatic N) is 4.